The fourth-order valence-corrected chi connectivity index (χ4v) is 2.51. The molecule has 6 heteroatoms. The number of esters is 1. The van der Waals surface area contributed by atoms with Crippen molar-refractivity contribution < 1.29 is 29.6 Å². The van der Waals surface area contributed by atoms with Gasteiger partial charge < -0.3 is 24.8 Å². The van der Waals surface area contributed by atoms with E-state index >= 15 is 0 Å². The minimum Gasteiger partial charge on any atom is -0.459 e. The lowest BCUT2D eigenvalue weighted by Gasteiger charge is -2.36. The quantitative estimate of drug-likeness (QED) is 0.593. The highest BCUT2D eigenvalue weighted by atomic mass is 16.6. The zero-order valence-corrected chi connectivity index (χ0v) is 12.2. The lowest BCUT2D eigenvalue weighted by molar-refractivity contribution is -0.246. The Morgan fingerprint density at radius 1 is 1.30 bits per heavy atom. The van der Waals surface area contributed by atoms with Gasteiger partial charge in [0.25, 0.3) is 0 Å². The van der Waals surface area contributed by atoms with Crippen molar-refractivity contribution in [2.75, 3.05) is 6.61 Å². The SMILES string of the molecule is CCCC(CCC)C(=O)OC1CC(O)OC(CO)C1O. The molecule has 6 nitrogen and oxygen atoms in total. The Morgan fingerprint density at radius 3 is 2.40 bits per heavy atom. The van der Waals surface area contributed by atoms with Crippen LogP contribution in [0.25, 0.3) is 0 Å². The Labute approximate surface area is 119 Å². The molecular formula is C14H26O6. The number of carbonyl (C=O) groups is 1. The molecule has 0 aromatic rings. The van der Waals surface area contributed by atoms with E-state index in [4.69, 9.17) is 14.6 Å². The van der Waals surface area contributed by atoms with E-state index in [2.05, 4.69) is 0 Å². The van der Waals surface area contributed by atoms with Gasteiger partial charge in [-0.05, 0) is 12.8 Å². The van der Waals surface area contributed by atoms with Gasteiger partial charge in [-0.1, -0.05) is 26.7 Å². The van der Waals surface area contributed by atoms with Crippen LogP contribution in [0, 0.1) is 5.92 Å². The lowest BCUT2D eigenvalue weighted by atomic mass is 9.97. The minimum atomic E-state index is -1.14. The van der Waals surface area contributed by atoms with Crippen molar-refractivity contribution >= 4 is 5.97 Å². The molecule has 0 aromatic heterocycles. The molecule has 1 aliphatic rings. The molecule has 0 radical (unpaired) electrons. The summed E-state index contributed by atoms with van der Waals surface area (Å²) in [6.45, 7) is 3.58. The molecular weight excluding hydrogens is 264 g/mol. The summed E-state index contributed by atoms with van der Waals surface area (Å²) >= 11 is 0. The molecule has 0 bridgehead atoms. The first-order chi connectivity index (χ1) is 9.53. The van der Waals surface area contributed by atoms with Crippen LogP contribution in [-0.4, -0.2) is 52.5 Å². The van der Waals surface area contributed by atoms with Crippen LogP contribution in [0.3, 0.4) is 0 Å². The molecule has 1 rings (SSSR count). The average molecular weight is 290 g/mol. The molecule has 0 aromatic carbocycles. The Hall–Kier alpha value is -0.690. The standard InChI is InChI=1S/C14H26O6/c1-3-5-9(6-4-2)14(18)20-10-7-12(16)19-11(8-15)13(10)17/h9-13,15-17H,3-8H2,1-2H3. The molecule has 1 fully saturated rings. The van der Waals surface area contributed by atoms with Crippen LogP contribution in [0.5, 0.6) is 0 Å². The summed E-state index contributed by atoms with van der Waals surface area (Å²) < 4.78 is 10.3. The first kappa shape index (κ1) is 17.4. The van der Waals surface area contributed by atoms with Crippen LogP contribution < -0.4 is 0 Å². The van der Waals surface area contributed by atoms with Crippen LogP contribution in [0.2, 0.25) is 0 Å². The van der Waals surface area contributed by atoms with Crippen LogP contribution in [0.4, 0.5) is 0 Å². The zero-order valence-electron chi connectivity index (χ0n) is 12.2. The number of hydrogen-bond donors (Lipinski definition) is 3. The Morgan fingerprint density at radius 2 is 1.90 bits per heavy atom. The van der Waals surface area contributed by atoms with Crippen molar-refractivity contribution in [2.45, 2.75) is 70.6 Å². The van der Waals surface area contributed by atoms with Crippen molar-refractivity contribution in [3.63, 3.8) is 0 Å². The molecule has 4 unspecified atom stereocenters. The van der Waals surface area contributed by atoms with E-state index in [1.54, 1.807) is 0 Å². The minimum absolute atomic E-state index is 0.0222. The monoisotopic (exact) mass is 290 g/mol. The van der Waals surface area contributed by atoms with Crippen LogP contribution in [-0.2, 0) is 14.3 Å². The third-order valence-electron chi connectivity index (χ3n) is 3.58. The number of aliphatic hydroxyl groups is 3. The molecule has 3 N–H and O–H groups in total. The smallest absolute Gasteiger partial charge is 0.309 e. The van der Waals surface area contributed by atoms with Gasteiger partial charge in [-0.3, -0.25) is 4.79 Å². The van der Waals surface area contributed by atoms with Crippen molar-refractivity contribution in [3.8, 4) is 0 Å². The zero-order chi connectivity index (χ0) is 15.1. The number of hydrogen-bond acceptors (Lipinski definition) is 6. The fraction of sp³-hybridized carbons (Fsp3) is 0.929. The highest BCUT2D eigenvalue weighted by Gasteiger charge is 2.39. The fourth-order valence-electron chi connectivity index (χ4n) is 2.51. The normalized spacial score (nSPS) is 30.5. The summed E-state index contributed by atoms with van der Waals surface area (Å²) in [4.78, 5) is 12.1. The maximum Gasteiger partial charge on any atom is 0.309 e. The van der Waals surface area contributed by atoms with Crippen LogP contribution in [0.15, 0.2) is 0 Å². The van der Waals surface area contributed by atoms with Crippen molar-refractivity contribution in [3.05, 3.63) is 0 Å². The van der Waals surface area contributed by atoms with Gasteiger partial charge in [0.1, 0.15) is 18.3 Å². The van der Waals surface area contributed by atoms with Gasteiger partial charge in [0.2, 0.25) is 0 Å². The van der Waals surface area contributed by atoms with Crippen molar-refractivity contribution in [2.24, 2.45) is 5.92 Å². The highest BCUT2D eigenvalue weighted by molar-refractivity contribution is 5.72. The maximum atomic E-state index is 12.1. The van der Waals surface area contributed by atoms with E-state index in [0.717, 1.165) is 25.7 Å². The molecule has 1 saturated heterocycles. The van der Waals surface area contributed by atoms with E-state index < -0.39 is 31.2 Å². The van der Waals surface area contributed by atoms with Gasteiger partial charge in [0.15, 0.2) is 6.29 Å². The number of carbonyl (C=O) groups excluding carboxylic acids is 1. The average Bonchev–Trinajstić information content (AvgIpc) is 2.42. The summed E-state index contributed by atoms with van der Waals surface area (Å²) in [5.41, 5.74) is 0. The molecule has 118 valence electrons. The maximum absolute atomic E-state index is 12.1. The lowest BCUT2D eigenvalue weighted by Crippen LogP contribution is -2.51. The van der Waals surface area contributed by atoms with Gasteiger partial charge in [0, 0.05) is 6.42 Å². The topological polar surface area (TPSA) is 96.2 Å². The number of aliphatic hydroxyl groups excluding tert-OH is 3. The summed E-state index contributed by atoms with van der Waals surface area (Å²) in [5, 5.41) is 28.6. The second-order valence-corrected chi connectivity index (χ2v) is 5.29. The molecule has 0 saturated carbocycles. The Kier molecular flexibility index (Phi) is 7.43. The van der Waals surface area contributed by atoms with Crippen molar-refractivity contribution in [1.82, 2.24) is 0 Å². The molecule has 0 spiro atoms. The molecule has 4 atom stereocenters. The van der Waals surface area contributed by atoms with Gasteiger partial charge in [0.05, 0.1) is 12.5 Å². The molecule has 0 amide bonds. The van der Waals surface area contributed by atoms with E-state index in [9.17, 15) is 15.0 Å². The number of rotatable bonds is 7. The van der Waals surface area contributed by atoms with Gasteiger partial charge >= 0.3 is 5.97 Å². The predicted octanol–water partition coefficient (Wildman–Crippen LogP) is 0.575. The van der Waals surface area contributed by atoms with Gasteiger partial charge in [-0.2, -0.15) is 0 Å². The summed E-state index contributed by atoms with van der Waals surface area (Å²) in [6.07, 6.45) is -0.715. The molecule has 20 heavy (non-hydrogen) atoms. The van der Waals surface area contributed by atoms with Crippen molar-refractivity contribution in [1.29, 1.82) is 0 Å². The van der Waals surface area contributed by atoms with Crippen LogP contribution in [0.1, 0.15) is 46.0 Å². The van der Waals surface area contributed by atoms with Crippen LogP contribution >= 0.6 is 0 Å². The van der Waals surface area contributed by atoms with E-state index in [-0.39, 0.29) is 18.3 Å². The molecule has 1 heterocycles. The summed E-state index contributed by atoms with van der Waals surface area (Å²) in [5.74, 6) is -0.520. The second kappa shape index (κ2) is 8.56. The van der Waals surface area contributed by atoms with E-state index in [0.29, 0.717) is 0 Å². The Balaban J connectivity index is 2.62. The first-order valence-electron chi connectivity index (χ1n) is 7.36. The molecule has 0 aliphatic carbocycles. The largest absolute Gasteiger partial charge is 0.459 e. The highest BCUT2D eigenvalue weighted by Crippen LogP contribution is 2.24. The first-order valence-corrected chi connectivity index (χ1v) is 7.36. The van der Waals surface area contributed by atoms with E-state index in [1.165, 1.54) is 0 Å². The van der Waals surface area contributed by atoms with Gasteiger partial charge in [-0.15, -0.1) is 0 Å². The van der Waals surface area contributed by atoms with Gasteiger partial charge in [-0.25, -0.2) is 0 Å². The summed E-state index contributed by atoms with van der Waals surface area (Å²) in [6, 6.07) is 0. The number of ether oxygens (including phenoxy) is 2. The Bertz CT molecular complexity index is 289. The predicted molar refractivity (Wildman–Crippen MR) is 71.8 cm³/mol. The third-order valence-corrected chi connectivity index (χ3v) is 3.58. The summed E-state index contributed by atoms with van der Waals surface area (Å²) in [7, 11) is 0. The van der Waals surface area contributed by atoms with E-state index in [1.807, 2.05) is 13.8 Å². The molecule has 1 aliphatic heterocycles. The third kappa shape index (κ3) is 4.70. The second-order valence-electron chi connectivity index (χ2n) is 5.29.